The van der Waals surface area contributed by atoms with Gasteiger partial charge in [0.15, 0.2) is 0 Å². The first-order valence-corrected chi connectivity index (χ1v) is 9.54. The lowest BCUT2D eigenvalue weighted by molar-refractivity contribution is -0.132. The van der Waals surface area contributed by atoms with Gasteiger partial charge in [-0.15, -0.1) is 0 Å². The maximum atomic E-state index is 12.3. The Bertz CT molecular complexity index is 712. The lowest BCUT2D eigenvalue weighted by atomic mass is 9.96. The summed E-state index contributed by atoms with van der Waals surface area (Å²) < 4.78 is 2.36. The number of nitrogens with zero attached hydrogens (tertiary/aromatic N) is 4. The zero-order valence-electron chi connectivity index (χ0n) is 15.7. The van der Waals surface area contributed by atoms with Crippen molar-refractivity contribution in [2.24, 2.45) is 5.92 Å². The third-order valence-electron chi connectivity index (χ3n) is 5.47. The van der Waals surface area contributed by atoms with Crippen LogP contribution in [-0.4, -0.2) is 58.0 Å². The van der Waals surface area contributed by atoms with Crippen molar-refractivity contribution < 1.29 is 4.79 Å². The van der Waals surface area contributed by atoms with E-state index in [1.54, 1.807) is 0 Å². The molecule has 0 N–H and O–H groups in total. The number of carbonyl (C=O) groups is 1. The molecule has 1 aromatic heterocycles. The summed E-state index contributed by atoms with van der Waals surface area (Å²) in [5, 5.41) is 0. The Balaban J connectivity index is 1.56. The molecule has 2 aromatic rings. The average molecular weight is 342 g/mol. The molecule has 5 heteroatoms. The number of carbonyl (C=O) groups excluding carboxylic acids is 1. The highest BCUT2D eigenvalue weighted by molar-refractivity contribution is 5.78. The van der Waals surface area contributed by atoms with E-state index in [1.807, 2.05) is 24.8 Å². The first-order valence-electron chi connectivity index (χ1n) is 9.54. The van der Waals surface area contributed by atoms with Crippen LogP contribution in [0.3, 0.4) is 0 Å². The van der Waals surface area contributed by atoms with Crippen LogP contribution in [0.4, 0.5) is 0 Å². The fourth-order valence-electron chi connectivity index (χ4n) is 3.88. The summed E-state index contributed by atoms with van der Waals surface area (Å²) >= 11 is 0. The summed E-state index contributed by atoms with van der Waals surface area (Å²) in [5.74, 6) is 2.02. The summed E-state index contributed by atoms with van der Waals surface area (Å²) in [6.45, 7) is 11.4. The topological polar surface area (TPSA) is 41.4 Å². The number of imidazole rings is 1. The number of aromatic nitrogens is 2. The number of likely N-dealkylation sites (N-methyl/N-ethyl adjacent to an activating group) is 1. The number of rotatable bonds is 6. The Kier molecular flexibility index (Phi) is 5.74. The predicted octanol–water partition coefficient (Wildman–Crippen LogP) is 2.93. The molecule has 1 aromatic carbocycles. The fraction of sp³-hybridized carbons (Fsp3) is 0.600. The van der Waals surface area contributed by atoms with Crippen LogP contribution in [0.25, 0.3) is 11.0 Å². The average Bonchev–Trinajstić information content (AvgIpc) is 2.93. The summed E-state index contributed by atoms with van der Waals surface area (Å²) in [7, 11) is 0. The first kappa shape index (κ1) is 17.9. The Morgan fingerprint density at radius 1 is 1.20 bits per heavy atom. The third kappa shape index (κ3) is 4.03. The molecule has 0 bridgehead atoms. The number of aryl methyl sites for hydroxylation is 1. The molecule has 1 aliphatic rings. The molecular formula is C20H30N4O. The summed E-state index contributed by atoms with van der Waals surface area (Å²) in [6, 6.07) is 8.37. The second-order valence-corrected chi connectivity index (χ2v) is 7.04. The third-order valence-corrected chi connectivity index (χ3v) is 5.47. The number of hydrogen-bond acceptors (Lipinski definition) is 3. The van der Waals surface area contributed by atoms with Gasteiger partial charge < -0.3 is 9.47 Å². The van der Waals surface area contributed by atoms with Crippen LogP contribution >= 0.6 is 0 Å². The molecule has 0 aliphatic carbocycles. The van der Waals surface area contributed by atoms with E-state index in [-0.39, 0.29) is 5.91 Å². The van der Waals surface area contributed by atoms with Crippen LogP contribution in [0.5, 0.6) is 0 Å². The molecule has 0 atom stereocenters. The largest absolute Gasteiger partial charge is 0.342 e. The Hall–Kier alpha value is -1.88. The van der Waals surface area contributed by atoms with E-state index in [0.717, 1.165) is 56.9 Å². The molecule has 0 unspecified atom stereocenters. The van der Waals surface area contributed by atoms with E-state index >= 15 is 0 Å². The normalized spacial score (nSPS) is 16.4. The highest BCUT2D eigenvalue weighted by Gasteiger charge is 2.23. The van der Waals surface area contributed by atoms with Crippen LogP contribution in [0.2, 0.25) is 0 Å². The molecule has 5 nitrogen and oxygen atoms in total. The number of likely N-dealkylation sites (tertiary alicyclic amines) is 1. The fourth-order valence-corrected chi connectivity index (χ4v) is 3.88. The quantitative estimate of drug-likeness (QED) is 0.810. The Labute approximate surface area is 150 Å². The molecule has 0 radical (unpaired) electrons. The highest BCUT2D eigenvalue weighted by atomic mass is 16.2. The minimum atomic E-state index is 0.264. The van der Waals surface area contributed by atoms with Crippen LogP contribution in [-0.2, 0) is 11.3 Å². The van der Waals surface area contributed by atoms with Gasteiger partial charge in [0.25, 0.3) is 0 Å². The van der Waals surface area contributed by atoms with Crippen LogP contribution in [0, 0.1) is 12.8 Å². The van der Waals surface area contributed by atoms with E-state index in [9.17, 15) is 4.79 Å². The van der Waals surface area contributed by atoms with Gasteiger partial charge in [-0.05, 0) is 64.8 Å². The lowest BCUT2D eigenvalue weighted by Gasteiger charge is -2.33. The number of amides is 1. The number of piperidine rings is 1. The zero-order valence-corrected chi connectivity index (χ0v) is 15.7. The predicted molar refractivity (Wildman–Crippen MR) is 102 cm³/mol. The van der Waals surface area contributed by atoms with E-state index in [1.165, 1.54) is 5.52 Å². The Morgan fingerprint density at radius 3 is 2.56 bits per heavy atom. The lowest BCUT2D eigenvalue weighted by Crippen LogP contribution is -2.43. The van der Waals surface area contributed by atoms with Crippen molar-refractivity contribution in [3.05, 3.63) is 30.1 Å². The van der Waals surface area contributed by atoms with Crippen molar-refractivity contribution >= 4 is 16.9 Å². The monoisotopic (exact) mass is 342 g/mol. The van der Waals surface area contributed by atoms with E-state index < -0.39 is 0 Å². The molecule has 1 amide bonds. The number of hydrogen-bond donors (Lipinski definition) is 0. The molecule has 1 fully saturated rings. The molecular weight excluding hydrogens is 312 g/mol. The molecule has 2 heterocycles. The number of benzene rings is 1. The van der Waals surface area contributed by atoms with Crippen molar-refractivity contribution in [1.82, 2.24) is 19.4 Å². The highest BCUT2D eigenvalue weighted by Crippen LogP contribution is 2.23. The van der Waals surface area contributed by atoms with E-state index in [4.69, 9.17) is 0 Å². The Morgan fingerprint density at radius 2 is 1.88 bits per heavy atom. The van der Waals surface area contributed by atoms with Gasteiger partial charge in [0.05, 0.1) is 17.6 Å². The standard InChI is InChI=1S/C20H30N4O/c1-4-23(5-2)20(25)15-22-12-10-17(11-13-22)14-24-16(3)21-18-8-6-7-9-19(18)24/h6-9,17H,4-5,10-15H2,1-3H3. The number of para-hydroxylation sites is 2. The van der Waals surface area contributed by atoms with Crippen molar-refractivity contribution in [3.8, 4) is 0 Å². The van der Waals surface area contributed by atoms with Gasteiger partial charge in [0, 0.05) is 19.6 Å². The van der Waals surface area contributed by atoms with Crippen molar-refractivity contribution in [2.75, 3.05) is 32.7 Å². The molecule has 1 saturated heterocycles. The molecule has 0 saturated carbocycles. The van der Waals surface area contributed by atoms with Gasteiger partial charge in [-0.25, -0.2) is 4.98 Å². The summed E-state index contributed by atoms with van der Waals surface area (Å²) in [6.07, 6.45) is 2.30. The molecule has 25 heavy (non-hydrogen) atoms. The van der Waals surface area contributed by atoms with E-state index in [0.29, 0.717) is 12.5 Å². The van der Waals surface area contributed by atoms with Gasteiger partial charge in [0.1, 0.15) is 5.82 Å². The van der Waals surface area contributed by atoms with Gasteiger partial charge in [-0.1, -0.05) is 12.1 Å². The van der Waals surface area contributed by atoms with Gasteiger partial charge in [0.2, 0.25) is 5.91 Å². The number of fused-ring (bicyclic) bond motifs is 1. The van der Waals surface area contributed by atoms with Crippen LogP contribution < -0.4 is 0 Å². The van der Waals surface area contributed by atoms with Gasteiger partial charge in [-0.3, -0.25) is 9.69 Å². The molecule has 136 valence electrons. The molecule has 3 rings (SSSR count). The molecule has 1 aliphatic heterocycles. The van der Waals surface area contributed by atoms with Gasteiger partial charge >= 0.3 is 0 Å². The maximum Gasteiger partial charge on any atom is 0.236 e. The van der Waals surface area contributed by atoms with E-state index in [2.05, 4.69) is 39.6 Å². The maximum absolute atomic E-state index is 12.3. The molecule has 0 spiro atoms. The first-order chi connectivity index (χ1) is 12.1. The van der Waals surface area contributed by atoms with Gasteiger partial charge in [-0.2, -0.15) is 0 Å². The second-order valence-electron chi connectivity index (χ2n) is 7.04. The van der Waals surface area contributed by atoms with Crippen LogP contribution in [0.15, 0.2) is 24.3 Å². The van der Waals surface area contributed by atoms with Crippen molar-refractivity contribution in [2.45, 2.75) is 40.2 Å². The summed E-state index contributed by atoms with van der Waals surface area (Å²) in [5.41, 5.74) is 2.32. The minimum Gasteiger partial charge on any atom is -0.342 e. The SMILES string of the molecule is CCN(CC)C(=O)CN1CCC(Cn2c(C)nc3ccccc32)CC1. The minimum absolute atomic E-state index is 0.264. The summed E-state index contributed by atoms with van der Waals surface area (Å²) in [4.78, 5) is 21.2. The zero-order chi connectivity index (χ0) is 17.8. The van der Waals surface area contributed by atoms with Crippen molar-refractivity contribution in [3.63, 3.8) is 0 Å². The second kappa shape index (κ2) is 8.00. The van der Waals surface area contributed by atoms with Crippen molar-refractivity contribution in [1.29, 1.82) is 0 Å². The van der Waals surface area contributed by atoms with Crippen LogP contribution in [0.1, 0.15) is 32.5 Å². The smallest absolute Gasteiger partial charge is 0.236 e.